The third kappa shape index (κ3) is 6.40. The number of hydrogen-bond donors (Lipinski definition) is 0. The molecule has 1 aliphatic heterocycles. The lowest BCUT2D eigenvalue weighted by atomic mass is 10.0. The van der Waals surface area contributed by atoms with Crippen LogP contribution in [0.4, 0.5) is 0 Å². The maximum absolute atomic E-state index is 12.9. The standard InChI is InChI=1S/C25H33NO4S/c1-18(2)31(28,29)17-23-12-9-21(10-13-23)8-11-22-6-5-7-24(14-22)25(27)26-15-19(3)30-20(4)16-26/h5-7,9-10,12-14,18-20H,8,11,15-17H2,1-4H3/t19-,20+. The fraction of sp³-hybridized carbons (Fsp3) is 0.480. The molecule has 0 radical (unpaired) electrons. The van der Waals surface area contributed by atoms with Gasteiger partial charge in [-0.1, -0.05) is 36.4 Å². The fourth-order valence-electron chi connectivity index (χ4n) is 3.88. The van der Waals surface area contributed by atoms with Crippen LogP contribution in [0.1, 0.15) is 54.7 Å². The van der Waals surface area contributed by atoms with Crippen LogP contribution in [-0.4, -0.2) is 49.8 Å². The molecule has 6 heteroatoms. The minimum Gasteiger partial charge on any atom is -0.372 e. The zero-order chi connectivity index (χ0) is 22.6. The summed E-state index contributed by atoms with van der Waals surface area (Å²) < 4.78 is 29.9. The van der Waals surface area contributed by atoms with E-state index in [2.05, 4.69) is 0 Å². The SMILES string of the molecule is CC(C)S(=O)(=O)Cc1ccc(CCc2cccc(C(=O)N3C[C@@H](C)O[C@@H](C)C3)c2)cc1. The molecule has 0 spiro atoms. The number of carbonyl (C=O) groups is 1. The van der Waals surface area contributed by atoms with Crippen molar-refractivity contribution in [3.8, 4) is 0 Å². The van der Waals surface area contributed by atoms with Gasteiger partial charge < -0.3 is 9.64 Å². The second kappa shape index (κ2) is 9.96. The number of rotatable bonds is 7. The fourth-order valence-corrected chi connectivity index (χ4v) is 4.87. The van der Waals surface area contributed by atoms with Crippen LogP contribution in [0.5, 0.6) is 0 Å². The zero-order valence-corrected chi connectivity index (χ0v) is 19.7. The first-order valence-corrected chi connectivity index (χ1v) is 12.7. The minimum atomic E-state index is -3.09. The summed E-state index contributed by atoms with van der Waals surface area (Å²) in [5, 5.41) is -0.369. The van der Waals surface area contributed by atoms with E-state index in [1.54, 1.807) is 13.8 Å². The average Bonchev–Trinajstić information content (AvgIpc) is 2.72. The van der Waals surface area contributed by atoms with E-state index < -0.39 is 9.84 Å². The maximum atomic E-state index is 12.9. The van der Waals surface area contributed by atoms with Crippen molar-refractivity contribution >= 4 is 15.7 Å². The van der Waals surface area contributed by atoms with Crippen LogP contribution < -0.4 is 0 Å². The molecule has 168 valence electrons. The van der Waals surface area contributed by atoms with E-state index in [9.17, 15) is 13.2 Å². The number of carbonyl (C=O) groups excluding carboxylic acids is 1. The molecule has 0 aliphatic carbocycles. The Morgan fingerprint density at radius 1 is 0.968 bits per heavy atom. The van der Waals surface area contributed by atoms with Crippen LogP contribution in [0, 0.1) is 0 Å². The van der Waals surface area contributed by atoms with Crippen molar-refractivity contribution in [2.45, 2.75) is 63.7 Å². The molecule has 2 atom stereocenters. The predicted molar refractivity (Wildman–Crippen MR) is 124 cm³/mol. The maximum Gasteiger partial charge on any atom is 0.254 e. The first-order chi connectivity index (χ1) is 14.6. The highest BCUT2D eigenvalue weighted by molar-refractivity contribution is 7.91. The minimum absolute atomic E-state index is 0.0504. The Kier molecular flexibility index (Phi) is 7.55. The second-order valence-corrected chi connectivity index (χ2v) is 11.4. The number of amides is 1. The molecule has 0 unspecified atom stereocenters. The van der Waals surface area contributed by atoms with E-state index in [0.29, 0.717) is 18.7 Å². The predicted octanol–water partition coefficient (Wildman–Crippen LogP) is 4.04. The topological polar surface area (TPSA) is 63.7 Å². The lowest BCUT2D eigenvalue weighted by molar-refractivity contribution is -0.0586. The van der Waals surface area contributed by atoms with Crippen molar-refractivity contribution in [2.24, 2.45) is 0 Å². The smallest absolute Gasteiger partial charge is 0.254 e. The van der Waals surface area contributed by atoms with E-state index in [1.807, 2.05) is 67.3 Å². The molecule has 1 heterocycles. The summed E-state index contributed by atoms with van der Waals surface area (Å²) in [5.41, 5.74) is 3.80. The summed E-state index contributed by atoms with van der Waals surface area (Å²) in [7, 11) is -3.09. The third-order valence-electron chi connectivity index (χ3n) is 5.69. The van der Waals surface area contributed by atoms with Crippen molar-refractivity contribution in [2.75, 3.05) is 13.1 Å². The highest BCUT2D eigenvalue weighted by atomic mass is 32.2. The number of morpholine rings is 1. The summed E-state index contributed by atoms with van der Waals surface area (Å²) in [6.45, 7) is 8.65. The van der Waals surface area contributed by atoms with Gasteiger partial charge in [-0.25, -0.2) is 8.42 Å². The summed E-state index contributed by atoms with van der Waals surface area (Å²) in [6.07, 6.45) is 1.75. The number of hydrogen-bond acceptors (Lipinski definition) is 4. The average molecular weight is 444 g/mol. The molecule has 1 amide bonds. The van der Waals surface area contributed by atoms with E-state index in [4.69, 9.17) is 4.74 Å². The second-order valence-electron chi connectivity index (χ2n) is 8.84. The van der Waals surface area contributed by atoms with Crippen LogP contribution in [-0.2, 0) is 33.2 Å². The van der Waals surface area contributed by atoms with Crippen LogP contribution in [0.15, 0.2) is 48.5 Å². The number of sulfone groups is 1. The molecule has 5 nitrogen and oxygen atoms in total. The Morgan fingerprint density at radius 2 is 1.55 bits per heavy atom. The molecule has 3 rings (SSSR count). The Morgan fingerprint density at radius 3 is 2.16 bits per heavy atom. The van der Waals surface area contributed by atoms with Crippen LogP contribution in [0.25, 0.3) is 0 Å². The molecule has 1 aliphatic rings. The van der Waals surface area contributed by atoms with E-state index in [0.717, 1.165) is 29.5 Å². The monoisotopic (exact) mass is 443 g/mol. The molecule has 31 heavy (non-hydrogen) atoms. The van der Waals surface area contributed by atoms with Gasteiger partial charge in [-0.15, -0.1) is 0 Å². The van der Waals surface area contributed by atoms with Gasteiger partial charge in [0, 0.05) is 18.7 Å². The molecule has 0 bridgehead atoms. The third-order valence-corrected chi connectivity index (χ3v) is 7.86. The van der Waals surface area contributed by atoms with Gasteiger partial charge in [0.2, 0.25) is 0 Å². The molecule has 2 aromatic carbocycles. The zero-order valence-electron chi connectivity index (χ0n) is 18.9. The Labute approximate surface area is 186 Å². The summed E-state index contributed by atoms with van der Waals surface area (Å²) >= 11 is 0. The van der Waals surface area contributed by atoms with Gasteiger partial charge in [0.25, 0.3) is 5.91 Å². The highest BCUT2D eigenvalue weighted by Crippen LogP contribution is 2.17. The lowest BCUT2D eigenvalue weighted by Gasteiger charge is -2.35. The van der Waals surface area contributed by atoms with Gasteiger partial charge in [0.05, 0.1) is 23.2 Å². The van der Waals surface area contributed by atoms with Crippen molar-refractivity contribution in [3.05, 3.63) is 70.8 Å². The van der Waals surface area contributed by atoms with Crippen molar-refractivity contribution in [1.82, 2.24) is 4.90 Å². The molecule has 0 aromatic heterocycles. The summed E-state index contributed by atoms with van der Waals surface area (Å²) in [5.74, 6) is 0.132. The first-order valence-electron chi connectivity index (χ1n) is 11.0. The van der Waals surface area contributed by atoms with Gasteiger partial charge in [0.15, 0.2) is 9.84 Å². The van der Waals surface area contributed by atoms with Crippen molar-refractivity contribution < 1.29 is 17.9 Å². The number of ether oxygens (including phenoxy) is 1. The Balaban J connectivity index is 1.61. The molecule has 1 fully saturated rings. The molecular formula is C25H33NO4S. The van der Waals surface area contributed by atoms with Crippen LogP contribution in [0.2, 0.25) is 0 Å². The molecule has 2 aromatic rings. The van der Waals surface area contributed by atoms with Crippen LogP contribution >= 0.6 is 0 Å². The largest absolute Gasteiger partial charge is 0.372 e. The van der Waals surface area contributed by atoms with Gasteiger partial charge in [-0.05, 0) is 69.4 Å². The van der Waals surface area contributed by atoms with Gasteiger partial charge in [-0.3, -0.25) is 4.79 Å². The first kappa shape index (κ1) is 23.5. The van der Waals surface area contributed by atoms with E-state index in [-0.39, 0.29) is 29.1 Å². The van der Waals surface area contributed by atoms with Gasteiger partial charge in [0.1, 0.15) is 0 Å². The van der Waals surface area contributed by atoms with Crippen LogP contribution in [0.3, 0.4) is 0 Å². The molecule has 1 saturated heterocycles. The van der Waals surface area contributed by atoms with E-state index >= 15 is 0 Å². The normalized spacial score (nSPS) is 19.6. The number of benzene rings is 2. The highest BCUT2D eigenvalue weighted by Gasteiger charge is 2.26. The summed E-state index contributed by atoms with van der Waals surface area (Å²) in [6, 6.07) is 15.6. The quantitative estimate of drug-likeness (QED) is 0.648. The van der Waals surface area contributed by atoms with Crippen molar-refractivity contribution in [1.29, 1.82) is 0 Å². The Bertz CT molecular complexity index is 988. The summed E-state index contributed by atoms with van der Waals surface area (Å²) in [4.78, 5) is 14.8. The number of nitrogens with zero attached hydrogens (tertiary/aromatic N) is 1. The molecule has 0 N–H and O–H groups in total. The van der Waals surface area contributed by atoms with Gasteiger partial charge >= 0.3 is 0 Å². The Hall–Kier alpha value is -2.18. The van der Waals surface area contributed by atoms with Gasteiger partial charge in [-0.2, -0.15) is 0 Å². The lowest BCUT2D eigenvalue weighted by Crippen LogP contribution is -2.48. The molecular weight excluding hydrogens is 410 g/mol. The van der Waals surface area contributed by atoms with Crippen molar-refractivity contribution in [3.63, 3.8) is 0 Å². The molecule has 0 saturated carbocycles. The van der Waals surface area contributed by atoms with E-state index in [1.165, 1.54) is 0 Å². The number of aryl methyl sites for hydroxylation is 2.